The minimum absolute atomic E-state index is 0.132. The Labute approximate surface area is 174 Å². The maximum atomic E-state index is 12.9. The number of sulfonamides is 1. The zero-order chi connectivity index (χ0) is 21.9. The summed E-state index contributed by atoms with van der Waals surface area (Å²) in [5.41, 5.74) is 6.55. The number of ether oxygens (including phenoxy) is 1. The summed E-state index contributed by atoms with van der Waals surface area (Å²) >= 11 is 6.03. The van der Waals surface area contributed by atoms with Crippen molar-refractivity contribution in [2.45, 2.75) is 19.9 Å². The highest BCUT2D eigenvalue weighted by Gasteiger charge is 2.31. The van der Waals surface area contributed by atoms with Crippen LogP contribution in [0, 0.1) is 6.92 Å². The second-order valence-electron chi connectivity index (χ2n) is 6.38. The SMILES string of the molecule is COc1ccc(Cl)cc1N(C(C)C(=O)Nc1cccc(C(N)=O)c1C)S(C)(=O)=O. The summed E-state index contributed by atoms with van der Waals surface area (Å²) in [6.07, 6.45) is 0.982. The lowest BCUT2D eigenvalue weighted by Gasteiger charge is -2.29. The second-order valence-corrected chi connectivity index (χ2v) is 8.68. The zero-order valence-electron chi connectivity index (χ0n) is 16.4. The van der Waals surface area contributed by atoms with Crippen LogP contribution in [-0.2, 0) is 14.8 Å². The molecule has 0 aliphatic carbocycles. The molecule has 10 heteroatoms. The summed E-state index contributed by atoms with van der Waals surface area (Å²) in [6.45, 7) is 3.07. The van der Waals surface area contributed by atoms with Crippen molar-refractivity contribution in [3.8, 4) is 5.75 Å². The first kappa shape index (κ1) is 22.5. The maximum Gasteiger partial charge on any atom is 0.249 e. The van der Waals surface area contributed by atoms with E-state index in [1.807, 2.05) is 0 Å². The molecule has 0 saturated heterocycles. The van der Waals surface area contributed by atoms with Crippen LogP contribution in [0.3, 0.4) is 0 Å². The molecule has 0 bridgehead atoms. The molecule has 2 rings (SSSR count). The van der Waals surface area contributed by atoms with Crippen molar-refractivity contribution >= 4 is 44.8 Å². The lowest BCUT2D eigenvalue weighted by molar-refractivity contribution is -0.116. The molecule has 1 unspecified atom stereocenters. The number of halogens is 1. The van der Waals surface area contributed by atoms with Crippen molar-refractivity contribution in [2.75, 3.05) is 23.0 Å². The molecule has 156 valence electrons. The largest absolute Gasteiger partial charge is 0.495 e. The van der Waals surface area contributed by atoms with Gasteiger partial charge in [0.1, 0.15) is 11.8 Å². The number of hydrogen-bond acceptors (Lipinski definition) is 5. The van der Waals surface area contributed by atoms with E-state index < -0.39 is 27.9 Å². The lowest BCUT2D eigenvalue weighted by Crippen LogP contribution is -2.45. The van der Waals surface area contributed by atoms with Crippen LogP contribution in [0.4, 0.5) is 11.4 Å². The maximum absolute atomic E-state index is 12.9. The van der Waals surface area contributed by atoms with Gasteiger partial charge < -0.3 is 15.8 Å². The first-order valence-corrected chi connectivity index (χ1v) is 10.7. The number of nitrogens with one attached hydrogen (secondary N) is 1. The fourth-order valence-corrected chi connectivity index (χ4v) is 4.23. The number of nitrogens with two attached hydrogens (primary N) is 1. The van der Waals surface area contributed by atoms with E-state index in [0.29, 0.717) is 11.3 Å². The Morgan fingerprint density at radius 3 is 2.45 bits per heavy atom. The second kappa shape index (κ2) is 8.71. The number of carbonyl (C=O) groups excluding carboxylic acids is 2. The molecule has 29 heavy (non-hydrogen) atoms. The number of benzene rings is 2. The number of primary amides is 1. The van der Waals surface area contributed by atoms with Gasteiger partial charge in [-0.1, -0.05) is 17.7 Å². The first-order chi connectivity index (χ1) is 13.5. The Bertz CT molecular complexity index is 1060. The normalized spacial score (nSPS) is 12.2. The van der Waals surface area contributed by atoms with Crippen molar-refractivity contribution in [2.24, 2.45) is 5.73 Å². The molecule has 0 aliphatic rings. The predicted octanol–water partition coefficient (Wildman–Crippen LogP) is 2.55. The average molecular weight is 440 g/mol. The topological polar surface area (TPSA) is 119 Å². The number of carbonyl (C=O) groups is 2. The van der Waals surface area contributed by atoms with Gasteiger partial charge in [0.05, 0.1) is 19.1 Å². The molecule has 2 aromatic rings. The Hall–Kier alpha value is -2.78. The molecule has 8 nitrogen and oxygen atoms in total. The number of anilines is 2. The molecule has 3 N–H and O–H groups in total. The molecule has 0 aromatic heterocycles. The van der Waals surface area contributed by atoms with E-state index in [9.17, 15) is 18.0 Å². The van der Waals surface area contributed by atoms with Crippen molar-refractivity contribution in [3.05, 3.63) is 52.5 Å². The molecule has 2 aromatic carbocycles. The summed E-state index contributed by atoms with van der Waals surface area (Å²) < 4.78 is 31.2. The van der Waals surface area contributed by atoms with E-state index in [4.69, 9.17) is 22.1 Å². The molecule has 0 heterocycles. The van der Waals surface area contributed by atoms with Crippen molar-refractivity contribution in [1.82, 2.24) is 0 Å². The summed E-state index contributed by atoms with van der Waals surface area (Å²) in [7, 11) is -2.49. The Balaban J connectivity index is 2.45. The Morgan fingerprint density at radius 1 is 1.24 bits per heavy atom. The van der Waals surface area contributed by atoms with Crippen LogP contribution >= 0.6 is 11.6 Å². The monoisotopic (exact) mass is 439 g/mol. The van der Waals surface area contributed by atoms with Crippen molar-refractivity contribution in [3.63, 3.8) is 0 Å². The van der Waals surface area contributed by atoms with E-state index in [1.165, 1.54) is 32.2 Å². The highest BCUT2D eigenvalue weighted by molar-refractivity contribution is 7.92. The lowest BCUT2D eigenvalue weighted by atomic mass is 10.1. The molecule has 0 spiro atoms. The molecule has 0 saturated carbocycles. The van der Waals surface area contributed by atoms with Gasteiger partial charge in [-0.25, -0.2) is 8.42 Å². The van der Waals surface area contributed by atoms with Crippen LogP contribution in [-0.4, -0.2) is 39.6 Å². The van der Waals surface area contributed by atoms with Crippen LogP contribution in [0.5, 0.6) is 5.75 Å². The summed E-state index contributed by atoms with van der Waals surface area (Å²) in [5.74, 6) is -0.998. The Morgan fingerprint density at radius 2 is 1.90 bits per heavy atom. The van der Waals surface area contributed by atoms with Crippen LogP contribution < -0.4 is 20.1 Å². The third-order valence-electron chi connectivity index (χ3n) is 4.32. The quantitative estimate of drug-likeness (QED) is 0.687. The fraction of sp³-hybridized carbons (Fsp3) is 0.263. The minimum atomic E-state index is -3.88. The molecule has 0 radical (unpaired) electrons. The van der Waals surface area contributed by atoms with Crippen LogP contribution in [0.15, 0.2) is 36.4 Å². The van der Waals surface area contributed by atoms with Gasteiger partial charge in [-0.3, -0.25) is 13.9 Å². The summed E-state index contributed by atoms with van der Waals surface area (Å²) in [5, 5.41) is 2.94. The zero-order valence-corrected chi connectivity index (χ0v) is 18.0. The smallest absolute Gasteiger partial charge is 0.249 e. The number of amides is 2. The van der Waals surface area contributed by atoms with Gasteiger partial charge >= 0.3 is 0 Å². The number of nitrogens with zero attached hydrogens (tertiary/aromatic N) is 1. The van der Waals surface area contributed by atoms with E-state index in [1.54, 1.807) is 25.1 Å². The van der Waals surface area contributed by atoms with Crippen LogP contribution in [0.25, 0.3) is 0 Å². The molecule has 0 aliphatic heterocycles. The Kier molecular flexibility index (Phi) is 6.76. The first-order valence-electron chi connectivity index (χ1n) is 8.50. The summed E-state index contributed by atoms with van der Waals surface area (Å²) in [6, 6.07) is 8.03. The highest BCUT2D eigenvalue weighted by atomic mass is 35.5. The number of hydrogen-bond donors (Lipinski definition) is 2. The third kappa shape index (κ3) is 4.99. The number of methoxy groups -OCH3 is 1. The van der Waals surface area contributed by atoms with Crippen LogP contribution in [0.2, 0.25) is 5.02 Å². The molecular formula is C19H22ClN3O5S. The van der Waals surface area contributed by atoms with Crippen molar-refractivity contribution in [1.29, 1.82) is 0 Å². The molecule has 0 fully saturated rings. The van der Waals surface area contributed by atoms with Gasteiger partial charge in [-0.2, -0.15) is 0 Å². The van der Waals surface area contributed by atoms with E-state index >= 15 is 0 Å². The van der Waals surface area contributed by atoms with E-state index in [0.717, 1.165) is 10.6 Å². The van der Waals surface area contributed by atoms with E-state index in [2.05, 4.69) is 5.32 Å². The summed E-state index contributed by atoms with van der Waals surface area (Å²) in [4.78, 5) is 24.4. The standard InChI is InChI=1S/C19H22ClN3O5S/c1-11-14(18(21)24)6-5-7-15(11)22-19(25)12(2)23(29(4,26)27)16-10-13(20)8-9-17(16)28-3/h5-10,12H,1-4H3,(H2,21,24)(H,22,25). The van der Waals surface area contributed by atoms with Gasteiger partial charge in [0, 0.05) is 16.3 Å². The number of rotatable bonds is 7. The molecular weight excluding hydrogens is 418 g/mol. The third-order valence-corrected chi connectivity index (χ3v) is 5.79. The van der Waals surface area contributed by atoms with Gasteiger partial charge in [-0.15, -0.1) is 0 Å². The molecule has 2 amide bonds. The highest BCUT2D eigenvalue weighted by Crippen LogP contribution is 2.34. The minimum Gasteiger partial charge on any atom is -0.495 e. The van der Waals surface area contributed by atoms with E-state index in [-0.39, 0.29) is 22.0 Å². The predicted molar refractivity (Wildman–Crippen MR) is 113 cm³/mol. The van der Waals surface area contributed by atoms with Crippen molar-refractivity contribution < 1.29 is 22.7 Å². The average Bonchev–Trinajstić information content (AvgIpc) is 2.62. The molecule has 1 atom stereocenters. The van der Waals surface area contributed by atoms with Gasteiger partial charge in [-0.05, 0) is 49.7 Å². The van der Waals surface area contributed by atoms with Gasteiger partial charge in [0.25, 0.3) is 0 Å². The van der Waals surface area contributed by atoms with Gasteiger partial charge in [0.15, 0.2) is 0 Å². The van der Waals surface area contributed by atoms with Gasteiger partial charge in [0.2, 0.25) is 21.8 Å². The van der Waals surface area contributed by atoms with Crippen LogP contribution in [0.1, 0.15) is 22.8 Å². The fourth-order valence-electron chi connectivity index (χ4n) is 2.89.